The minimum Gasteiger partial charge on any atom is -0.384 e. The molecule has 0 heterocycles. The Morgan fingerprint density at radius 2 is 2.22 bits per heavy atom. The van der Waals surface area contributed by atoms with E-state index in [4.69, 9.17) is 22.7 Å². The first-order chi connectivity index (χ1) is 8.56. The van der Waals surface area contributed by atoms with E-state index in [2.05, 4.69) is 11.9 Å². The van der Waals surface area contributed by atoms with Crippen LogP contribution < -0.4 is 5.73 Å². The van der Waals surface area contributed by atoms with Gasteiger partial charge in [0.2, 0.25) is 0 Å². The van der Waals surface area contributed by atoms with Gasteiger partial charge in [0, 0.05) is 23.7 Å². The molecule has 2 rings (SSSR count). The van der Waals surface area contributed by atoms with Gasteiger partial charge < -0.3 is 10.6 Å². The van der Waals surface area contributed by atoms with E-state index in [1.807, 2.05) is 12.1 Å². The number of nitrogens with zero attached hydrogens (tertiary/aromatic N) is 1. The van der Waals surface area contributed by atoms with E-state index in [9.17, 15) is 0 Å². The maximum absolute atomic E-state index is 7.38. The van der Waals surface area contributed by atoms with Crippen molar-refractivity contribution in [1.82, 2.24) is 4.90 Å². The van der Waals surface area contributed by atoms with Crippen molar-refractivity contribution in [3.63, 3.8) is 0 Å². The summed E-state index contributed by atoms with van der Waals surface area (Å²) < 4.78 is 0. The topological polar surface area (TPSA) is 53.1 Å². The molecule has 1 saturated carbocycles. The van der Waals surface area contributed by atoms with Crippen LogP contribution in [-0.4, -0.2) is 24.3 Å². The van der Waals surface area contributed by atoms with Gasteiger partial charge in [-0.3, -0.25) is 5.41 Å². The number of nitrogens with one attached hydrogen (secondary N) is 1. The molecule has 0 saturated heterocycles. The summed E-state index contributed by atoms with van der Waals surface area (Å²) in [6, 6.07) is 5.60. The number of nitrogens with two attached hydrogens (primary N) is 1. The minimum atomic E-state index is 0.0614. The van der Waals surface area contributed by atoms with Crippen LogP contribution in [0.4, 0.5) is 0 Å². The van der Waals surface area contributed by atoms with Crippen molar-refractivity contribution in [2.24, 2.45) is 11.7 Å². The van der Waals surface area contributed by atoms with Crippen LogP contribution in [0, 0.1) is 11.3 Å². The van der Waals surface area contributed by atoms with Crippen LogP contribution in [0.5, 0.6) is 0 Å². The number of nitrogen functional groups attached to an aromatic ring is 1. The van der Waals surface area contributed by atoms with E-state index in [-0.39, 0.29) is 5.84 Å². The van der Waals surface area contributed by atoms with Gasteiger partial charge in [0.25, 0.3) is 0 Å². The molecular formula is C14H20ClN3. The lowest BCUT2D eigenvalue weighted by atomic mass is 9.85. The minimum absolute atomic E-state index is 0.0614. The lowest BCUT2D eigenvalue weighted by Gasteiger charge is -2.30. The molecule has 0 radical (unpaired) electrons. The molecule has 1 aliphatic rings. The molecule has 1 aliphatic carbocycles. The van der Waals surface area contributed by atoms with Crippen molar-refractivity contribution in [1.29, 1.82) is 5.41 Å². The van der Waals surface area contributed by atoms with Crippen LogP contribution in [0.15, 0.2) is 18.2 Å². The molecule has 0 amide bonds. The predicted octanol–water partition coefficient (Wildman–Crippen LogP) is 2.86. The third-order valence-corrected chi connectivity index (χ3v) is 3.95. The van der Waals surface area contributed by atoms with Crippen LogP contribution in [0.2, 0.25) is 5.02 Å². The predicted molar refractivity (Wildman–Crippen MR) is 76.1 cm³/mol. The van der Waals surface area contributed by atoms with Gasteiger partial charge >= 0.3 is 0 Å². The molecule has 0 aliphatic heterocycles. The van der Waals surface area contributed by atoms with Crippen molar-refractivity contribution in [2.75, 3.05) is 13.6 Å². The van der Waals surface area contributed by atoms with E-state index in [0.29, 0.717) is 10.6 Å². The maximum Gasteiger partial charge on any atom is 0.122 e. The fourth-order valence-corrected chi connectivity index (χ4v) is 2.55. The largest absolute Gasteiger partial charge is 0.384 e. The number of hydrogen-bond acceptors (Lipinski definition) is 2. The first kappa shape index (κ1) is 13.4. The second kappa shape index (κ2) is 5.72. The SMILES string of the molecule is CN(Cc1ccc(C(=N)N)cc1Cl)CC1CCC1. The summed E-state index contributed by atoms with van der Waals surface area (Å²) in [6.07, 6.45) is 4.11. The van der Waals surface area contributed by atoms with E-state index in [0.717, 1.165) is 24.6 Å². The van der Waals surface area contributed by atoms with Crippen LogP contribution in [0.25, 0.3) is 0 Å². The lowest BCUT2D eigenvalue weighted by Crippen LogP contribution is -2.29. The van der Waals surface area contributed by atoms with E-state index < -0.39 is 0 Å². The second-order valence-corrected chi connectivity index (χ2v) is 5.62. The Morgan fingerprint density at radius 1 is 1.50 bits per heavy atom. The number of hydrogen-bond donors (Lipinski definition) is 2. The molecule has 0 spiro atoms. The lowest BCUT2D eigenvalue weighted by molar-refractivity contribution is 0.200. The number of benzene rings is 1. The van der Waals surface area contributed by atoms with Gasteiger partial charge in [-0.1, -0.05) is 30.2 Å². The molecule has 0 atom stereocenters. The molecule has 1 aromatic rings. The normalized spacial score (nSPS) is 15.7. The van der Waals surface area contributed by atoms with Crippen LogP contribution in [-0.2, 0) is 6.54 Å². The first-order valence-corrected chi connectivity index (χ1v) is 6.75. The quantitative estimate of drug-likeness (QED) is 0.635. The van der Waals surface area contributed by atoms with Gasteiger partial charge in [-0.15, -0.1) is 0 Å². The summed E-state index contributed by atoms with van der Waals surface area (Å²) in [6.45, 7) is 2.00. The second-order valence-electron chi connectivity index (χ2n) is 5.21. The molecule has 0 bridgehead atoms. The maximum atomic E-state index is 7.38. The van der Waals surface area contributed by atoms with Crippen LogP contribution >= 0.6 is 11.6 Å². The summed E-state index contributed by atoms with van der Waals surface area (Å²) in [4.78, 5) is 2.32. The highest BCUT2D eigenvalue weighted by Gasteiger charge is 2.19. The fraction of sp³-hybridized carbons (Fsp3) is 0.500. The van der Waals surface area contributed by atoms with E-state index in [1.54, 1.807) is 6.07 Å². The zero-order valence-electron chi connectivity index (χ0n) is 10.7. The smallest absolute Gasteiger partial charge is 0.122 e. The summed E-state index contributed by atoms with van der Waals surface area (Å²) in [5, 5.41) is 8.08. The monoisotopic (exact) mass is 265 g/mol. The molecule has 0 unspecified atom stereocenters. The average molecular weight is 266 g/mol. The Labute approximate surface area is 113 Å². The van der Waals surface area contributed by atoms with Crippen molar-refractivity contribution in [3.8, 4) is 0 Å². The third kappa shape index (κ3) is 3.24. The molecule has 1 aromatic carbocycles. The molecule has 1 fully saturated rings. The molecule has 4 heteroatoms. The fourth-order valence-electron chi connectivity index (χ4n) is 2.31. The Morgan fingerprint density at radius 3 is 2.72 bits per heavy atom. The average Bonchev–Trinajstić information content (AvgIpc) is 2.26. The Kier molecular flexibility index (Phi) is 4.25. The van der Waals surface area contributed by atoms with E-state index >= 15 is 0 Å². The van der Waals surface area contributed by atoms with Gasteiger partial charge in [-0.25, -0.2) is 0 Å². The molecule has 3 nitrogen and oxygen atoms in total. The number of amidine groups is 1. The summed E-state index contributed by atoms with van der Waals surface area (Å²) >= 11 is 6.22. The molecule has 3 N–H and O–H groups in total. The van der Waals surface area contributed by atoms with Crippen molar-refractivity contribution >= 4 is 17.4 Å². The van der Waals surface area contributed by atoms with Crippen molar-refractivity contribution in [2.45, 2.75) is 25.8 Å². The summed E-state index contributed by atoms with van der Waals surface area (Å²) in [5.74, 6) is 0.927. The highest BCUT2D eigenvalue weighted by Crippen LogP contribution is 2.27. The van der Waals surface area contributed by atoms with E-state index in [1.165, 1.54) is 19.3 Å². The molecule has 98 valence electrons. The zero-order chi connectivity index (χ0) is 13.1. The molecular weight excluding hydrogens is 246 g/mol. The number of rotatable bonds is 5. The van der Waals surface area contributed by atoms with Gasteiger partial charge in [0.05, 0.1) is 0 Å². The molecule has 18 heavy (non-hydrogen) atoms. The zero-order valence-corrected chi connectivity index (χ0v) is 11.5. The van der Waals surface area contributed by atoms with Gasteiger partial charge in [0.15, 0.2) is 0 Å². The first-order valence-electron chi connectivity index (χ1n) is 6.37. The van der Waals surface area contributed by atoms with Gasteiger partial charge in [0.1, 0.15) is 5.84 Å². The van der Waals surface area contributed by atoms with Crippen molar-refractivity contribution < 1.29 is 0 Å². The van der Waals surface area contributed by atoms with Gasteiger partial charge in [-0.05, 0) is 37.4 Å². The summed E-state index contributed by atoms with van der Waals surface area (Å²) in [5.41, 5.74) is 7.23. The highest BCUT2D eigenvalue weighted by atomic mass is 35.5. The van der Waals surface area contributed by atoms with Crippen LogP contribution in [0.1, 0.15) is 30.4 Å². The Balaban J connectivity index is 1.97. The van der Waals surface area contributed by atoms with Gasteiger partial charge in [-0.2, -0.15) is 0 Å². The van der Waals surface area contributed by atoms with Crippen LogP contribution in [0.3, 0.4) is 0 Å². The third-order valence-electron chi connectivity index (χ3n) is 3.60. The Hall–Kier alpha value is -1.06. The Bertz CT molecular complexity index is 441. The highest BCUT2D eigenvalue weighted by molar-refractivity contribution is 6.31. The standard InChI is InChI=1S/C14H20ClN3/c1-18(8-10-3-2-4-10)9-12-6-5-11(14(16)17)7-13(12)15/h5-7,10H,2-4,8-9H2,1H3,(H3,16,17). The summed E-state index contributed by atoms with van der Waals surface area (Å²) in [7, 11) is 2.13. The number of halogens is 1. The molecule has 0 aromatic heterocycles. The van der Waals surface area contributed by atoms with Crippen molar-refractivity contribution in [3.05, 3.63) is 34.3 Å².